The molecule has 2 atom stereocenters. The van der Waals surface area contributed by atoms with E-state index < -0.39 is 0 Å². The minimum Gasteiger partial charge on any atom is -0.350 e. The van der Waals surface area contributed by atoms with Crippen molar-refractivity contribution >= 4 is 5.91 Å². The lowest BCUT2D eigenvalue weighted by atomic mass is 9.94. The minimum absolute atomic E-state index is 0.0221. The first kappa shape index (κ1) is 16.9. The van der Waals surface area contributed by atoms with Crippen LogP contribution >= 0.6 is 0 Å². The third-order valence-corrected chi connectivity index (χ3v) is 2.93. The van der Waals surface area contributed by atoms with Gasteiger partial charge in [-0.1, -0.05) is 32.6 Å². The van der Waals surface area contributed by atoms with Gasteiger partial charge in [0.1, 0.15) is 0 Å². The molecule has 0 aromatic rings. The van der Waals surface area contributed by atoms with Crippen molar-refractivity contribution in [2.24, 2.45) is 17.6 Å². The van der Waals surface area contributed by atoms with Crippen LogP contribution < -0.4 is 11.1 Å². The van der Waals surface area contributed by atoms with E-state index in [0.29, 0.717) is 18.9 Å². The average molecular weight is 252 g/mol. The number of rotatable bonds is 8. The molecule has 0 aliphatic heterocycles. The van der Waals surface area contributed by atoms with Crippen LogP contribution in [-0.4, -0.2) is 18.5 Å². The molecule has 0 aromatic carbocycles. The van der Waals surface area contributed by atoms with Crippen molar-refractivity contribution in [3.05, 3.63) is 24.3 Å². The Morgan fingerprint density at radius 2 is 2.00 bits per heavy atom. The van der Waals surface area contributed by atoms with Crippen molar-refractivity contribution < 1.29 is 4.79 Å². The topological polar surface area (TPSA) is 55.1 Å². The molecule has 1 amide bonds. The number of nitrogens with one attached hydrogen (secondary N) is 1. The molecule has 0 aliphatic carbocycles. The monoisotopic (exact) mass is 252 g/mol. The highest BCUT2D eigenvalue weighted by atomic mass is 16.1. The Balaban J connectivity index is 4.20. The Bertz CT molecular complexity index is 295. The number of allylic oxidation sites excluding steroid dienone is 1. The Morgan fingerprint density at radius 3 is 2.44 bits per heavy atom. The molecule has 0 aliphatic rings. The van der Waals surface area contributed by atoms with Crippen LogP contribution in [0.3, 0.4) is 0 Å². The first-order chi connectivity index (χ1) is 8.40. The van der Waals surface area contributed by atoms with Crippen LogP contribution in [0.2, 0.25) is 0 Å². The van der Waals surface area contributed by atoms with Crippen molar-refractivity contribution in [1.29, 1.82) is 0 Å². The molecule has 0 rings (SSSR count). The van der Waals surface area contributed by atoms with Gasteiger partial charge in [-0.3, -0.25) is 4.79 Å². The molecule has 0 saturated heterocycles. The van der Waals surface area contributed by atoms with Crippen LogP contribution in [0.25, 0.3) is 0 Å². The summed E-state index contributed by atoms with van der Waals surface area (Å²) in [6.45, 7) is 12.7. The van der Waals surface area contributed by atoms with Gasteiger partial charge in [-0.25, -0.2) is 0 Å². The Labute approximate surface area is 112 Å². The van der Waals surface area contributed by atoms with E-state index in [4.69, 9.17) is 5.73 Å². The van der Waals surface area contributed by atoms with Crippen LogP contribution in [0.1, 0.15) is 40.5 Å². The van der Waals surface area contributed by atoms with Gasteiger partial charge in [0.25, 0.3) is 0 Å². The maximum absolute atomic E-state index is 11.9. The van der Waals surface area contributed by atoms with E-state index in [0.717, 1.165) is 12.0 Å². The third-order valence-electron chi connectivity index (χ3n) is 2.93. The lowest BCUT2D eigenvalue weighted by molar-refractivity contribution is -0.122. The summed E-state index contributed by atoms with van der Waals surface area (Å²) in [7, 11) is 0. The van der Waals surface area contributed by atoms with Crippen molar-refractivity contribution in [2.45, 2.75) is 46.6 Å². The first-order valence-electron chi connectivity index (χ1n) is 6.71. The SMILES string of the molecule is C=C(/C=C\C)C(C)NC(=O)C[C@@H](CN)CC(C)C. The van der Waals surface area contributed by atoms with Gasteiger partial charge in [-0.05, 0) is 44.2 Å². The largest absolute Gasteiger partial charge is 0.350 e. The van der Waals surface area contributed by atoms with Gasteiger partial charge in [0.2, 0.25) is 5.91 Å². The van der Waals surface area contributed by atoms with Gasteiger partial charge >= 0.3 is 0 Å². The van der Waals surface area contributed by atoms with Crippen LogP contribution in [0.5, 0.6) is 0 Å². The first-order valence-corrected chi connectivity index (χ1v) is 6.71. The van der Waals surface area contributed by atoms with Crippen LogP contribution in [0, 0.1) is 11.8 Å². The molecule has 3 nitrogen and oxygen atoms in total. The highest BCUT2D eigenvalue weighted by Crippen LogP contribution is 2.14. The van der Waals surface area contributed by atoms with Crippen molar-refractivity contribution in [1.82, 2.24) is 5.32 Å². The quantitative estimate of drug-likeness (QED) is 0.652. The molecule has 0 aromatic heterocycles. The fraction of sp³-hybridized carbons (Fsp3) is 0.667. The van der Waals surface area contributed by atoms with Gasteiger partial charge < -0.3 is 11.1 Å². The van der Waals surface area contributed by atoms with Crippen molar-refractivity contribution in [3.63, 3.8) is 0 Å². The van der Waals surface area contributed by atoms with Crippen LogP contribution in [0.4, 0.5) is 0 Å². The van der Waals surface area contributed by atoms with E-state index in [1.807, 2.05) is 26.0 Å². The van der Waals surface area contributed by atoms with Crippen LogP contribution in [-0.2, 0) is 4.79 Å². The summed E-state index contributed by atoms with van der Waals surface area (Å²) in [5.74, 6) is 0.901. The fourth-order valence-electron chi connectivity index (χ4n) is 1.94. The summed E-state index contributed by atoms with van der Waals surface area (Å²) in [6, 6.07) is -0.0221. The number of hydrogen-bond donors (Lipinski definition) is 2. The molecule has 1 unspecified atom stereocenters. The van der Waals surface area contributed by atoms with Gasteiger partial charge in [0.15, 0.2) is 0 Å². The average Bonchev–Trinajstić information content (AvgIpc) is 2.27. The van der Waals surface area contributed by atoms with Gasteiger partial charge in [-0.2, -0.15) is 0 Å². The molecule has 0 radical (unpaired) electrons. The zero-order valence-corrected chi connectivity index (χ0v) is 12.2. The Hall–Kier alpha value is -1.09. The smallest absolute Gasteiger partial charge is 0.220 e. The summed E-state index contributed by atoms with van der Waals surface area (Å²) in [4.78, 5) is 11.9. The fourth-order valence-corrected chi connectivity index (χ4v) is 1.94. The van der Waals surface area contributed by atoms with E-state index in [9.17, 15) is 4.79 Å². The summed E-state index contributed by atoms with van der Waals surface area (Å²) >= 11 is 0. The highest BCUT2D eigenvalue weighted by molar-refractivity contribution is 5.77. The van der Waals surface area contributed by atoms with Crippen molar-refractivity contribution in [3.8, 4) is 0 Å². The predicted molar refractivity (Wildman–Crippen MR) is 78.2 cm³/mol. The summed E-state index contributed by atoms with van der Waals surface area (Å²) in [6.07, 6.45) is 5.34. The lowest BCUT2D eigenvalue weighted by Gasteiger charge is -2.19. The highest BCUT2D eigenvalue weighted by Gasteiger charge is 2.15. The molecule has 0 heterocycles. The van der Waals surface area contributed by atoms with Gasteiger partial charge in [0.05, 0.1) is 6.04 Å². The zero-order valence-electron chi connectivity index (χ0n) is 12.2. The molecule has 104 valence electrons. The number of amides is 1. The summed E-state index contributed by atoms with van der Waals surface area (Å²) in [5.41, 5.74) is 6.61. The molecule has 3 heteroatoms. The van der Waals surface area contributed by atoms with Gasteiger partial charge in [0, 0.05) is 6.42 Å². The van der Waals surface area contributed by atoms with Gasteiger partial charge in [-0.15, -0.1) is 0 Å². The molecule has 18 heavy (non-hydrogen) atoms. The Morgan fingerprint density at radius 1 is 1.39 bits per heavy atom. The maximum atomic E-state index is 11.9. The van der Waals surface area contributed by atoms with E-state index in [1.54, 1.807) is 0 Å². The number of carbonyl (C=O) groups is 1. The summed E-state index contributed by atoms with van der Waals surface area (Å²) in [5, 5.41) is 2.96. The van der Waals surface area contributed by atoms with Crippen LogP contribution in [0.15, 0.2) is 24.3 Å². The normalized spacial score (nSPS) is 14.8. The lowest BCUT2D eigenvalue weighted by Crippen LogP contribution is -2.35. The predicted octanol–water partition coefficient (Wildman–Crippen LogP) is 2.63. The second kappa shape index (κ2) is 8.92. The zero-order chi connectivity index (χ0) is 14.1. The van der Waals surface area contributed by atoms with Crippen molar-refractivity contribution in [2.75, 3.05) is 6.54 Å². The molecule has 0 fully saturated rings. The molecule has 0 saturated carbocycles. The molecule has 3 N–H and O–H groups in total. The Kier molecular flexibility index (Phi) is 8.38. The second-order valence-corrected chi connectivity index (χ2v) is 5.30. The van der Waals surface area contributed by atoms with E-state index >= 15 is 0 Å². The standard InChI is InChI=1S/C15H28N2O/c1-6-7-12(4)13(5)17-15(18)9-14(10-16)8-11(2)3/h6-7,11,13-14H,4,8-10,16H2,1-3,5H3,(H,17,18)/b7-6-/t13?,14-/m0/s1. The van der Waals surface area contributed by atoms with E-state index in [2.05, 4.69) is 25.7 Å². The minimum atomic E-state index is -0.0221. The number of carbonyl (C=O) groups excluding carboxylic acids is 1. The number of nitrogens with two attached hydrogens (primary N) is 1. The second-order valence-electron chi connectivity index (χ2n) is 5.30. The third kappa shape index (κ3) is 7.28. The maximum Gasteiger partial charge on any atom is 0.220 e. The molecule has 0 spiro atoms. The van der Waals surface area contributed by atoms with E-state index in [-0.39, 0.29) is 17.9 Å². The van der Waals surface area contributed by atoms with E-state index in [1.165, 1.54) is 0 Å². The summed E-state index contributed by atoms with van der Waals surface area (Å²) < 4.78 is 0. The molecular formula is C15H28N2O. The molecule has 0 bridgehead atoms. The molecular weight excluding hydrogens is 224 g/mol. The number of hydrogen-bond acceptors (Lipinski definition) is 2.